The number of rotatable bonds is 5. The van der Waals surface area contributed by atoms with Gasteiger partial charge < -0.3 is 5.32 Å². The summed E-state index contributed by atoms with van der Waals surface area (Å²) in [6.07, 6.45) is 2.29. The smallest absolute Gasteiger partial charge is 0.125 e. The highest BCUT2D eigenvalue weighted by atomic mass is 79.9. The first-order valence-corrected chi connectivity index (χ1v) is 6.07. The number of nitriles is 1. The molecule has 0 amide bonds. The van der Waals surface area contributed by atoms with Crippen LogP contribution in [-0.2, 0) is 0 Å². The van der Waals surface area contributed by atoms with Crippen LogP contribution in [0.5, 0.6) is 0 Å². The molecule has 5 heteroatoms. The molecule has 0 aromatic heterocycles. The fourth-order valence-corrected chi connectivity index (χ4v) is 2.21. The first-order chi connectivity index (χ1) is 7.65. The second-order valence-electron chi connectivity index (χ2n) is 3.29. The summed E-state index contributed by atoms with van der Waals surface area (Å²) in [6.45, 7) is 0.714. The van der Waals surface area contributed by atoms with Gasteiger partial charge in [-0.25, -0.2) is 4.39 Å². The Morgan fingerprint density at radius 1 is 1.44 bits per heavy atom. The van der Waals surface area contributed by atoms with Crippen molar-refractivity contribution in [1.82, 2.24) is 0 Å². The van der Waals surface area contributed by atoms with Crippen LogP contribution in [0.2, 0.25) is 5.02 Å². The molecule has 0 aliphatic carbocycles. The predicted octanol–water partition coefficient (Wildman–Crippen LogP) is 4.35. The van der Waals surface area contributed by atoms with Gasteiger partial charge in [0.05, 0.1) is 16.8 Å². The number of hydrogen-bond donors (Lipinski definition) is 1. The molecule has 1 aromatic carbocycles. The third kappa shape index (κ3) is 3.99. The molecule has 0 bridgehead atoms. The molecule has 0 atom stereocenters. The lowest BCUT2D eigenvalue weighted by Crippen LogP contribution is -2.03. The molecule has 0 aliphatic heterocycles. The molecule has 86 valence electrons. The van der Waals surface area contributed by atoms with Crippen molar-refractivity contribution in [3.05, 3.63) is 27.4 Å². The highest BCUT2D eigenvalue weighted by Gasteiger charge is 2.06. The quantitative estimate of drug-likeness (QED) is 0.821. The zero-order valence-corrected chi connectivity index (χ0v) is 10.9. The zero-order chi connectivity index (χ0) is 12.0. The summed E-state index contributed by atoms with van der Waals surface area (Å²) in [7, 11) is 0. The Labute approximate surface area is 108 Å². The van der Waals surface area contributed by atoms with E-state index >= 15 is 0 Å². The molecule has 0 unspecified atom stereocenters. The van der Waals surface area contributed by atoms with Crippen LogP contribution >= 0.6 is 27.5 Å². The number of nitrogens with zero attached hydrogens (tertiary/aromatic N) is 1. The van der Waals surface area contributed by atoms with Crippen LogP contribution in [0, 0.1) is 17.1 Å². The topological polar surface area (TPSA) is 35.8 Å². The average molecular weight is 306 g/mol. The number of unbranched alkanes of at least 4 members (excludes halogenated alkanes) is 2. The molecule has 16 heavy (non-hydrogen) atoms. The van der Waals surface area contributed by atoms with Gasteiger partial charge in [0.15, 0.2) is 0 Å². The Balaban J connectivity index is 2.51. The van der Waals surface area contributed by atoms with E-state index in [1.807, 2.05) is 0 Å². The van der Waals surface area contributed by atoms with Gasteiger partial charge in [-0.1, -0.05) is 11.6 Å². The molecule has 0 radical (unpaired) electrons. The molecule has 1 aromatic rings. The van der Waals surface area contributed by atoms with Gasteiger partial charge in [0.2, 0.25) is 0 Å². The van der Waals surface area contributed by atoms with Crippen molar-refractivity contribution in [2.24, 2.45) is 0 Å². The molecular formula is C11H11BrClFN2. The molecule has 0 fully saturated rings. The Kier molecular flexibility index (Phi) is 5.58. The fraction of sp³-hybridized carbons (Fsp3) is 0.364. The van der Waals surface area contributed by atoms with E-state index in [1.165, 1.54) is 12.1 Å². The minimum atomic E-state index is -0.369. The monoisotopic (exact) mass is 304 g/mol. The number of nitrogens with one attached hydrogen (secondary N) is 1. The molecular weight excluding hydrogens is 294 g/mol. The van der Waals surface area contributed by atoms with Crippen molar-refractivity contribution in [2.45, 2.75) is 19.3 Å². The van der Waals surface area contributed by atoms with Crippen LogP contribution in [0.15, 0.2) is 16.6 Å². The maximum atomic E-state index is 12.9. The largest absolute Gasteiger partial charge is 0.383 e. The zero-order valence-electron chi connectivity index (χ0n) is 8.56. The Morgan fingerprint density at radius 3 is 2.81 bits per heavy atom. The number of benzene rings is 1. The van der Waals surface area contributed by atoms with Gasteiger partial charge >= 0.3 is 0 Å². The van der Waals surface area contributed by atoms with Crippen molar-refractivity contribution >= 4 is 33.2 Å². The van der Waals surface area contributed by atoms with E-state index in [0.29, 0.717) is 28.1 Å². The highest BCUT2D eigenvalue weighted by Crippen LogP contribution is 2.31. The summed E-state index contributed by atoms with van der Waals surface area (Å²) >= 11 is 9.13. The second-order valence-corrected chi connectivity index (χ2v) is 4.55. The third-order valence-corrected chi connectivity index (χ3v) is 2.95. The van der Waals surface area contributed by atoms with Gasteiger partial charge in [-0.2, -0.15) is 5.26 Å². The standard InChI is InChI=1S/C11H11BrClFN2/c12-9-6-8(14)7-10(13)11(9)16-5-3-1-2-4-15/h6-7,16H,1-3,5H2. The lowest BCUT2D eigenvalue weighted by Gasteiger charge is -2.10. The van der Waals surface area contributed by atoms with Gasteiger partial charge in [0.1, 0.15) is 5.82 Å². The minimum Gasteiger partial charge on any atom is -0.383 e. The molecule has 0 saturated carbocycles. The Hall–Kier alpha value is -0.790. The molecule has 0 saturated heterocycles. The van der Waals surface area contributed by atoms with Crippen LogP contribution in [-0.4, -0.2) is 6.54 Å². The summed E-state index contributed by atoms with van der Waals surface area (Å²) in [4.78, 5) is 0. The van der Waals surface area contributed by atoms with Crippen molar-refractivity contribution < 1.29 is 4.39 Å². The Morgan fingerprint density at radius 2 is 2.19 bits per heavy atom. The number of halogens is 3. The van der Waals surface area contributed by atoms with E-state index in [9.17, 15) is 4.39 Å². The summed E-state index contributed by atoms with van der Waals surface area (Å²) in [5, 5.41) is 11.8. The lowest BCUT2D eigenvalue weighted by atomic mass is 10.2. The van der Waals surface area contributed by atoms with Crippen molar-refractivity contribution in [2.75, 3.05) is 11.9 Å². The van der Waals surface area contributed by atoms with Crippen LogP contribution in [0.1, 0.15) is 19.3 Å². The summed E-state index contributed by atoms with van der Waals surface area (Å²) < 4.78 is 13.5. The molecule has 0 aliphatic rings. The SMILES string of the molecule is N#CCCCCNc1c(Cl)cc(F)cc1Br. The van der Waals surface area contributed by atoms with Crippen LogP contribution in [0.4, 0.5) is 10.1 Å². The normalized spacial score (nSPS) is 9.88. The maximum absolute atomic E-state index is 12.9. The van der Waals surface area contributed by atoms with Crippen molar-refractivity contribution in [3.63, 3.8) is 0 Å². The molecule has 1 rings (SSSR count). The van der Waals surface area contributed by atoms with Crippen LogP contribution < -0.4 is 5.32 Å². The second kappa shape index (κ2) is 6.72. The fourth-order valence-electron chi connectivity index (χ4n) is 1.25. The van der Waals surface area contributed by atoms with Gasteiger partial charge in [-0.15, -0.1) is 0 Å². The molecule has 0 heterocycles. The van der Waals surface area contributed by atoms with Gasteiger partial charge in [-0.05, 0) is 40.9 Å². The highest BCUT2D eigenvalue weighted by molar-refractivity contribution is 9.10. The summed E-state index contributed by atoms with van der Waals surface area (Å²) in [5.41, 5.74) is 0.694. The maximum Gasteiger partial charge on any atom is 0.125 e. The summed E-state index contributed by atoms with van der Waals surface area (Å²) in [5.74, 6) is -0.369. The van der Waals surface area contributed by atoms with E-state index in [2.05, 4.69) is 27.3 Å². The van der Waals surface area contributed by atoms with E-state index in [1.54, 1.807) is 0 Å². The molecule has 0 spiro atoms. The third-order valence-electron chi connectivity index (χ3n) is 2.02. The number of anilines is 1. The van der Waals surface area contributed by atoms with E-state index < -0.39 is 0 Å². The predicted molar refractivity (Wildman–Crippen MR) is 67.1 cm³/mol. The van der Waals surface area contributed by atoms with Crippen molar-refractivity contribution in [1.29, 1.82) is 5.26 Å². The number of hydrogen-bond acceptors (Lipinski definition) is 2. The first-order valence-electron chi connectivity index (χ1n) is 4.90. The van der Waals surface area contributed by atoms with Crippen LogP contribution in [0.25, 0.3) is 0 Å². The minimum absolute atomic E-state index is 0.354. The average Bonchev–Trinajstić information content (AvgIpc) is 2.20. The van der Waals surface area contributed by atoms with E-state index in [-0.39, 0.29) is 5.82 Å². The first kappa shape index (κ1) is 13.3. The van der Waals surface area contributed by atoms with Gasteiger partial charge in [0.25, 0.3) is 0 Å². The van der Waals surface area contributed by atoms with Gasteiger partial charge in [-0.3, -0.25) is 0 Å². The van der Waals surface area contributed by atoms with E-state index in [4.69, 9.17) is 16.9 Å². The molecule has 1 N–H and O–H groups in total. The summed E-state index contributed by atoms with van der Waals surface area (Å²) in [6, 6.07) is 4.72. The van der Waals surface area contributed by atoms with Gasteiger partial charge in [0, 0.05) is 17.4 Å². The lowest BCUT2D eigenvalue weighted by molar-refractivity contribution is 0.627. The van der Waals surface area contributed by atoms with E-state index in [0.717, 1.165) is 12.8 Å². The van der Waals surface area contributed by atoms with Crippen LogP contribution in [0.3, 0.4) is 0 Å². The Bertz CT molecular complexity index is 380. The van der Waals surface area contributed by atoms with Crippen molar-refractivity contribution in [3.8, 4) is 6.07 Å². The molecule has 2 nitrogen and oxygen atoms in total.